The van der Waals surface area contributed by atoms with E-state index in [-0.39, 0.29) is 29.4 Å². The van der Waals surface area contributed by atoms with E-state index in [0.717, 1.165) is 6.42 Å². The summed E-state index contributed by atoms with van der Waals surface area (Å²) >= 11 is 5.11. The fraction of sp³-hybridized carbons (Fsp3) is 0.318. The molecule has 32 heavy (non-hydrogen) atoms. The Hall–Kier alpha value is -2.98. The predicted molar refractivity (Wildman–Crippen MR) is 128 cm³/mol. The number of sulfonamides is 1. The Labute approximate surface area is 194 Å². The lowest BCUT2D eigenvalue weighted by Crippen LogP contribution is -2.34. The van der Waals surface area contributed by atoms with Crippen molar-refractivity contribution in [2.75, 3.05) is 22.8 Å². The van der Waals surface area contributed by atoms with Crippen LogP contribution in [0.1, 0.15) is 33.1 Å². The molecule has 1 amide bonds. The van der Waals surface area contributed by atoms with Crippen LogP contribution in [-0.4, -0.2) is 38.6 Å². The molecular formula is C22H27N3O5S2. The average molecular weight is 478 g/mol. The number of hydrogen-bond acceptors (Lipinski definition) is 6. The molecule has 2 rings (SSSR count). The molecule has 0 radical (unpaired) electrons. The minimum absolute atomic E-state index is 0.0314. The number of hydrogen-bond donors (Lipinski definition) is 2. The summed E-state index contributed by atoms with van der Waals surface area (Å²) in [5.74, 6) is -0.856. The third kappa shape index (κ3) is 7.31. The van der Waals surface area contributed by atoms with Crippen LogP contribution >= 0.6 is 12.2 Å². The highest BCUT2D eigenvalue weighted by atomic mass is 32.2. The number of esters is 1. The number of thiocarbonyl (C=S) groups is 1. The van der Waals surface area contributed by atoms with Gasteiger partial charge < -0.3 is 15.4 Å². The monoisotopic (exact) mass is 477 g/mol. The minimum atomic E-state index is -3.73. The molecule has 8 nitrogen and oxygen atoms in total. The first-order valence-corrected chi connectivity index (χ1v) is 12.1. The summed E-state index contributed by atoms with van der Waals surface area (Å²) < 4.78 is 32.3. The van der Waals surface area contributed by atoms with E-state index in [1.165, 1.54) is 16.4 Å². The molecule has 0 aliphatic heterocycles. The SMILES string of the molecule is CCCOC(=O)CCC(=O)NC(=S)Nc1ccc(S(=O)(=O)N(CC)c2ccccc2)cc1. The van der Waals surface area contributed by atoms with Crippen LogP contribution in [0, 0.1) is 0 Å². The number of benzene rings is 2. The first kappa shape index (κ1) is 25.3. The van der Waals surface area contributed by atoms with Crippen molar-refractivity contribution in [2.45, 2.75) is 38.0 Å². The zero-order valence-corrected chi connectivity index (χ0v) is 19.7. The zero-order valence-electron chi connectivity index (χ0n) is 18.0. The lowest BCUT2D eigenvalue weighted by molar-refractivity contribution is -0.144. The van der Waals surface area contributed by atoms with E-state index in [2.05, 4.69) is 10.6 Å². The van der Waals surface area contributed by atoms with Crippen molar-refractivity contribution in [1.29, 1.82) is 0 Å². The first-order chi connectivity index (χ1) is 15.3. The summed E-state index contributed by atoms with van der Waals surface area (Å²) in [5, 5.41) is 5.35. The third-order valence-electron chi connectivity index (χ3n) is 4.31. The van der Waals surface area contributed by atoms with Crippen LogP contribution in [0.15, 0.2) is 59.5 Å². The molecule has 0 aliphatic carbocycles. The molecule has 2 aromatic carbocycles. The first-order valence-electron chi connectivity index (χ1n) is 10.2. The summed E-state index contributed by atoms with van der Waals surface area (Å²) in [7, 11) is -3.73. The Morgan fingerprint density at radius 3 is 2.25 bits per heavy atom. The molecular weight excluding hydrogens is 450 g/mol. The number of anilines is 2. The van der Waals surface area contributed by atoms with E-state index in [1.54, 1.807) is 43.3 Å². The molecule has 2 N–H and O–H groups in total. The van der Waals surface area contributed by atoms with Gasteiger partial charge in [-0.1, -0.05) is 25.1 Å². The Bertz CT molecular complexity index is 1030. The molecule has 0 fully saturated rings. The van der Waals surface area contributed by atoms with Crippen LogP contribution in [0.4, 0.5) is 11.4 Å². The van der Waals surface area contributed by atoms with E-state index in [4.69, 9.17) is 17.0 Å². The van der Waals surface area contributed by atoms with Crippen molar-refractivity contribution in [3.05, 3.63) is 54.6 Å². The van der Waals surface area contributed by atoms with Gasteiger partial charge in [-0.3, -0.25) is 13.9 Å². The van der Waals surface area contributed by atoms with Crippen LogP contribution in [0.3, 0.4) is 0 Å². The number of nitrogens with one attached hydrogen (secondary N) is 2. The smallest absolute Gasteiger partial charge is 0.306 e. The van der Waals surface area contributed by atoms with Crippen molar-refractivity contribution in [3.63, 3.8) is 0 Å². The average Bonchev–Trinajstić information content (AvgIpc) is 2.77. The maximum absolute atomic E-state index is 13.0. The maximum atomic E-state index is 13.0. The lowest BCUT2D eigenvalue weighted by Gasteiger charge is -2.23. The van der Waals surface area contributed by atoms with Crippen LogP contribution in [0.5, 0.6) is 0 Å². The van der Waals surface area contributed by atoms with Gasteiger partial charge in [0.05, 0.1) is 23.6 Å². The number of ether oxygens (including phenoxy) is 1. The van der Waals surface area contributed by atoms with Gasteiger partial charge in [0, 0.05) is 18.7 Å². The zero-order chi connectivity index (χ0) is 23.6. The number of carbonyl (C=O) groups excluding carboxylic acids is 2. The second-order valence-corrected chi connectivity index (χ2v) is 9.02. The summed E-state index contributed by atoms with van der Waals surface area (Å²) in [5.41, 5.74) is 1.10. The topological polar surface area (TPSA) is 105 Å². The second-order valence-electron chi connectivity index (χ2n) is 6.75. The molecule has 0 saturated carbocycles. The molecule has 0 heterocycles. The summed E-state index contributed by atoms with van der Waals surface area (Å²) in [4.78, 5) is 23.5. The van der Waals surface area contributed by atoms with Crippen LogP contribution < -0.4 is 14.9 Å². The fourth-order valence-electron chi connectivity index (χ4n) is 2.78. The Morgan fingerprint density at radius 1 is 1.00 bits per heavy atom. The molecule has 0 aromatic heterocycles. The van der Waals surface area contributed by atoms with Gasteiger partial charge in [-0.25, -0.2) is 8.42 Å². The highest BCUT2D eigenvalue weighted by Gasteiger charge is 2.23. The molecule has 172 valence electrons. The molecule has 2 aromatic rings. The molecule has 0 saturated heterocycles. The van der Waals surface area contributed by atoms with Gasteiger partial charge in [-0.15, -0.1) is 0 Å². The number of nitrogens with zero attached hydrogens (tertiary/aromatic N) is 1. The second kappa shape index (κ2) is 12.2. The number of para-hydroxylation sites is 1. The maximum Gasteiger partial charge on any atom is 0.306 e. The highest BCUT2D eigenvalue weighted by Crippen LogP contribution is 2.24. The van der Waals surface area contributed by atoms with Gasteiger partial charge in [0.1, 0.15) is 0 Å². The van der Waals surface area contributed by atoms with Gasteiger partial charge in [0.2, 0.25) is 5.91 Å². The van der Waals surface area contributed by atoms with E-state index < -0.39 is 21.9 Å². The van der Waals surface area contributed by atoms with Crippen molar-refractivity contribution in [2.24, 2.45) is 0 Å². The predicted octanol–water partition coefficient (Wildman–Crippen LogP) is 3.45. The normalized spacial score (nSPS) is 10.8. The Kier molecular flexibility index (Phi) is 9.61. The number of carbonyl (C=O) groups is 2. The van der Waals surface area contributed by atoms with Crippen LogP contribution in [-0.2, 0) is 24.3 Å². The van der Waals surface area contributed by atoms with Crippen molar-refractivity contribution in [3.8, 4) is 0 Å². The largest absolute Gasteiger partial charge is 0.466 e. The number of rotatable bonds is 10. The van der Waals surface area contributed by atoms with E-state index in [9.17, 15) is 18.0 Å². The van der Waals surface area contributed by atoms with E-state index in [0.29, 0.717) is 18.0 Å². The van der Waals surface area contributed by atoms with Crippen LogP contribution in [0.2, 0.25) is 0 Å². The summed E-state index contributed by atoms with van der Waals surface area (Å²) in [6.07, 6.45) is 0.638. The summed E-state index contributed by atoms with van der Waals surface area (Å²) in [6, 6.07) is 14.9. The number of amides is 1. The lowest BCUT2D eigenvalue weighted by atomic mass is 10.3. The Morgan fingerprint density at radius 2 is 1.66 bits per heavy atom. The van der Waals surface area contributed by atoms with Crippen molar-refractivity contribution < 1.29 is 22.7 Å². The Balaban J connectivity index is 1.95. The van der Waals surface area contributed by atoms with E-state index >= 15 is 0 Å². The molecule has 0 spiro atoms. The van der Waals surface area contributed by atoms with Gasteiger partial charge >= 0.3 is 5.97 Å². The fourth-order valence-corrected chi connectivity index (χ4v) is 4.48. The summed E-state index contributed by atoms with van der Waals surface area (Å²) in [6.45, 7) is 4.27. The molecule has 10 heteroatoms. The minimum Gasteiger partial charge on any atom is -0.466 e. The van der Waals surface area contributed by atoms with E-state index in [1.807, 2.05) is 13.0 Å². The van der Waals surface area contributed by atoms with Crippen molar-refractivity contribution in [1.82, 2.24) is 5.32 Å². The highest BCUT2D eigenvalue weighted by molar-refractivity contribution is 7.92. The van der Waals surface area contributed by atoms with Gasteiger partial charge in [0.15, 0.2) is 5.11 Å². The molecule has 0 bridgehead atoms. The van der Waals surface area contributed by atoms with Gasteiger partial charge in [0.25, 0.3) is 10.0 Å². The third-order valence-corrected chi connectivity index (χ3v) is 6.43. The molecule has 0 atom stereocenters. The van der Waals surface area contributed by atoms with Crippen LogP contribution in [0.25, 0.3) is 0 Å². The van der Waals surface area contributed by atoms with Gasteiger partial charge in [-0.2, -0.15) is 0 Å². The standard InChI is InChI=1S/C22H27N3O5S2/c1-3-16-30-21(27)15-14-20(26)24-22(31)23-17-10-12-19(13-11-17)32(28,29)25(4-2)18-8-6-5-7-9-18/h5-13H,3-4,14-16H2,1-2H3,(H2,23,24,26,31). The molecule has 0 unspecified atom stereocenters. The quantitative estimate of drug-likeness (QED) is 0.399. The van der Waals surface area contributed by atoms with Gasteiger partial charge in [-0.05, 0) is 62.0 Å². The molecule has 0 aliphatic rings. The van der Waals surface area contributed by atoms with Crippen molar-refractivity contribution >= 4 is 50.6 Å².